The van der Waals surface area contributed by atoms with E-state index < -0.39 is 6.10 Å². The minimum atomic E-state index is -0.588. The Bertz CT molecular complexity index is 428. The molecule has 1 saturated heterocycles. The van der Waals surface area contributed by atoms with E-state index in [1.54, 1.807) is 0 Å². The van der Waals surface area contributed by atoms with Gasteiger partial charge in [-0.05, 0) is 31.4 Å². The second-order valence-corrected chi connectivity index (χ2v) is 5.36. The van der Waals surface area contributed by atoms with Crippen molar-refractivity contribution in [2.45, 2.75) is 26.4 Å². The van der Waals surface area contributed by atoms with E-state index in [4.69, 9.17) is 0 Å². The van der Waals surface area contributed by atoms with Crippen molar-refractivity contribution >= 4 is 0 Å². The van der Waals surface area contributed by atoms with Gasteiger partial charge in [-0.15, -0.1) is 0 Å². The average molecular weight is 264 g/mol. The summed E-state index contributed by atoms with van der Waals surface area (Å²) in [7, 11) is 0. The van der Waals surface area contributed by atoms with E-state index in [0.717, 1.165) is 43.9 Å². The van der Waals surface area contributed by atoms with E-state index in [0.29, 0.717) is 12.0 Å². The normalized spacial score (nSPS) is 18.5. The van der Waals surface area contributed by atoms with Crippen molar-refractivity contribution in [2.24, 2.45) is 0 Å². The highest BCUT2D eigenvalue weighted by Crippen LogP contribution is 2.32. The molecule has 1 atom stereocenters. The maximum absolute atomic E-state index is 10.3. The van der Waals surface area contributed by atoms with Gasteiger partial charge < -0.3 is 20.4 Å². The van der Waals surface area contributed by atoms with Crippen LogP contribution in [0.1, 0.15) is 29.2 Å². The fourth-order valence-corrected chi connectivity index (χ4v) is 2.62. The average Bonchev–Trinajstić information content (AvgIpc) is 2.42. The summed E-state index contributed by atoms with van der Waals surface area (Å²) >= 11 is 0. The van der Waals surface area contributed by atoms with Gasteiger partial charge in [-0.25, -0.2) is 0 Å². The van der Waals surface area contributed by atoms with E-state index >= 15 is 0 Å². The van der Waals surface area contributed by atoms with Crippen LogP contribution in [0, 0.1) is 13.8 Å². The number of aryl methyl sites for hydroxylation is 2. The first-order chi connectivity index (χ1) is 9.09. The van der Waals surface area contributed by atoms with Gasteiger partial charge in [-0.2, -0.15) is 0 Å². The summed E-state index contributed by atoms with van der Waals surface area (Å²) in [6.07, 6.45) is 0.0764. The third-order valence-corrected chi connectivity index (χ3v) is 3.90. The molecule has 0 bridgehead atoms. The van der Waals surface area contributed by atoms with Crippen molar-refractivity contribution < 1.29 is 10.2 Å². The number of nitrogens with one attached hydrogen (secondary N) is 1. The Labute approximate surface area is 115 Å². The first-order valence-corrected chi connectivity index (χ1v) is 7.00. The highest BCUT2D eigenvalue weighted by molar-refractivity contribution is 5.45. The third kappa shape index (κ3) is 3.47. The fraction of sp³-hybridized carbons (Fsp3) is 0.600. The molecule has 3 N–H and O–H groups in total. The number of phenolic OH excluding ortho intramolecular Hbond substituents is 1. The molecule has 2 rings (SSSR count). The van der Waals surface area contributed by atoms with Gasteiger partial charge >= 0.3 is 0 Å². The summed E-state index contributed by atoms with van der Waals surface area (Å²) in [6.45, 7) is 8.77. The predicted octanol–water partition coefficient (Wildman–Crippen LogP) is 1.34. The molecule has 1 aliphatic rings. The number of aromatic hydroxyl groups is 1. The number of aliphatic hydroxyl groups is 1. The molecule has 1 heterocycles. The lowest BCUT2D eigenvalue weighted by atomic mass is 9.97. The molecule has 19 heavy (non-hydrogen) atoms. The van der Waals surface area contributed by atoms with Crippen LogP contribution in [0.25, 0.3) is 0 Å². The summed E-state index contributed by atoms with van der Waals surface area (Å²) in [5.41, 5.74) is 2.47. The van der Waals surface area contributed by atoms with E-state index in [1.165, 1.54) is 0 Å². The van der Waals surface area contributed by atoms with Crippen molar-refractivity contribution in [1.82, 2.24) is 10.2 Å². The molecule has 0 saturated carbocycles. The molecule has 1 aromatic rings. The van der Waals surface area contributed by atoms with Crippen LogP contribution in [0.2, 0.25) is 0 Å². The lowest BCUT2D eigenvalue weighted by molar-refractivity contribution is 0.133. The Balaban J connectivity index is 1.99. The van der Waals surface area contributed by atoms with Crippen LogP contribution < -0.4 is 5.32 Å². The SMILES string of the molecule is Cc1ccc(C)c(C(O)CCN2CCNCC2)c1O. The fourth-order valence-electron chi connectivity index (χ4n) is 2.62. The Morgan fingerprint density at radius 2 is 1.84 bits per heavy atom. The van der Waals surface area contributed by atoms with Crippen molar-refractivity contribution in [1.29, 1.82) is 0 Å². The van der Waals surface area contributed by atoms with Crippen LogP contribution in [-0.4, -0.2) is 47.8 Å². The molecule has 0 aromatic heterocycles. The van der Waals surface area contributed by atoms with Crippen LogP contribution in [0.15, 0.2) is 12.1 Å². The number of nitrogens with zero attached hydrogens (tertiary/aromatic N) is 1. The monoisotopic (exact) mass is 264 g/mol. The van der Waals surface area contributed by atoms with Gasteiger partial charge in [0.15, 0.2) is 0 Å². The lowest BCUT2D eigenvalue weighted by Crippen LogP contribution is -2.44. The Morgan fingerprint density at radius 3 is 2.53 bits per heavy atom. The quantitative estimate of drug-likeness (QED) is 0.768. The van der Waals surface area contributed by atoms with Crippen LogP contribution in [0.4, 0.5) is 0 Å². The van der Waals surface area contributed by atoms with Crippen molar-refractivity contribution in [3.05, 3.63) is 28.8 Å². The minimum absolute atomic E-state index is 0.243. The molecule has 1 aromatic carbocycles. The molecule has 0 amide bonds. The summed E-state index contributed by atoms with van der Waals surface area (Å²) in [6, 6.07) is 3.84. The maximum Gasteiger partial charge on any atom is 0.124 e. The number of aliphatic hydroxyl groups excluding tert-OH is 1. The Morgan fingerprint density at radius 1 is 1.21 bits per heavy atom. The second-order valence-electron chi connectivity index (χ2n) is 5.36. The number of hydrogen-bond acceptors (Lipinski definition) is 4. The predicted molar refractivity (Wildman–Crippen MR) is 76.5 cm³/mol. The van der Waals surface area contributed by atoms with Crippen LogP contribution in [0.5, 0.6) is 5.75 Å². The standard InChI is InChI=1S/C15H24N2O2/c1-11-3-4-12(2)15(19)14(11)13(18)5-8-17-9-6-16-7-10-17/h3-4,13,16,18-19H,5-10H2,1-2H3. The molecule has 0 aliphatic carbocycles. The van der Waals surface area contributed by atoms with E-state index in [2.05, 4.69) is 10.2 Å². The Kier molecular flexibility index (Phi) is 4.80. The molecule has 106 valence electrons. The number of phenols is 1. The molecule has 4 nitrogen and oxygen atoms in total. The summed E-state index contributed by atoms with van der Waals surface area (Å²) < 4.78 is 0. The van der Waals surface area contributed by atoms with Gasteiger partial charge in [-0.1, -0.05) is 12.1 Å². The molecule has 4 heteroatoms. The van der Waals surface area contributed by atoms with Crippen molar-refractivity contribution in [2.75, 3.05) is 32.7 Å². The minimum Gasteiger partial charge on any atom is -0.507 e. The van der Waals surface area contributed by atoms with E-state index in [9.17, 15) is 10.2 Å². The summed E-state index contributed by atoms with van der Waals surface area (Å²) in [5, 5.41) is 23.8. The second kappa shape index (κ2) is 6.37. The van der Waals surface area contributed by atoms with E-state index in [1.807, 2.05) is 26.0 Å². The van der Waals surface area contributed by atoms with Gasteiger partial charge in [-0.3, -0.25) is 0 Å². The third-order valence-electron chi connectivity index (χ3n) is 3.90. The largest absolute Gasteiger partial charge is 0.507 e. The van der Waals surface area contributed by atoms with Crippen LogP contribution >= 0.6 is 0 Å². The number of rotatable bonds is 4. The van der Waals surface area contributed by atoms with Crippen LogP contribution in [-0.2, 0) is 0 Å². The smallest absolute Gasteiger partial charge is 0.124 e. The number of benzene rings is 1. The summed E-state index contributed by atoms with van der Waals surface area (Å²) in [4.78, 5) is 2.35. The molecular formula is C15H24N2O2. The molecule has 1 fully saturated rings. The van der Waals surface area contributed by atoms with Gasteiger partial charge in [0.2, 0.25) is 0 Å². The molecule has 0 spiro atoms. The molecular weight excluding hydrogens is 240 g/mol. The first kappa shape index (κ1) is 14.3. The maximum atomic E-state index is 10.3. The summed E-state index contributed by atoms with van der Waals surface area (Å²) in [5.74, 6) is 0.243. The zero-order valence-electron chi connectivity index (χ0n) is 11.8. The zero-order chi connectivity index (χ0) is 13.8. The molecule has 0 radical (unpaired) electrons. The highest BCUT2D eigenvalue weighted by Gasteiger charge is 2.18. The van der Waals surface area contributed by atoms with Gasteiger partial charge in [0.25, 0.3) is 0 Å². The molecule has 1 aliphatic heterocycles. The number of piperazine rings is 1. The Hall–Kier alpha value is -1.10. The highest BCUT2D eigenvalue weighted by atomic mass is 16.3. The first-order valence-electron chi connectivity index (χ1n) is 7.00. The van der Waals surface area contributed by atoms with Gasteiger partial charge in [0.05, 0.1) is 6.10 Å². The van der Waals surface area contributed by atoms with Gasteiger partial charge in [0.1, 0.15) is 5.75 Å². The van der Waals surface area contributed by atoms with Crippen molar-refractivity contribution in [3.8, 4) is 5.75 Å². The number of hydrogen-bond donors (Lipinski definition) is 3. The van der Waals surface area contributed by atoms with Gasteiger partial charge in [0, 0.05) is 38.3 Å². The lowest BCUT2D eigenvalue weighted by Gasteiger charge is -2.28. The van der Waals surface area contributed by atoms with E-state index in [-0.39, 0.29) is 5.75 Å². The van der Waals surface area contributed by atoms with Crippen molar-refractivity contribution in [3.63, 3.8) is 0 Å². The zero-order valence-corrected chi connectivity index (χ0v) is 11.8. The molecule has 1 unspecified atom stereocenters. The van der Waals surface area contributed by atoms with Crippen LogP contribution in [0.3, 0.4) is 0 Å². The topological polar surface area (TPSA) is 55.7 Å².